The molecule has 0 radical (unpaired) electrons. The minimum absolute atomic E-state index is 0.379. The van der Waals surface area contributed by atoms with Crippen LogP contribution < -0.4 is 9.47 Å². The van der Waals surface area contributed by atoms with E-state index in [4.69, 9.17) is 9.47 Å². The maximum absolute atomic E-state index is 11.5. The molecule has 0 fully saturated rings. The number of carbonyl (C=O) groups excluding carboxylic acids is 1. The number of methoxy groups -OCH3 is 2. The molecule has 0 aliphatic rings. The van der Waals surface area contributed by atoms with Gasteiger partial charge in [0.15, 0.2) is 11.5 Å². The fourth-order valence-corrected chi connectivity index (χ4v) is 1.44. The Kier molecular flexibility index (Phi) is 5.33. The van der Waals surface area contributed by atoms with E-state index in [0.29, 0.717) is 23.7 Å². The van der Waals surface area contributed by atoms with E-state index in [2.05, 4.69) is 11.7 Å². The van der Waals surface area contributed by atoms with Crippen molar-refractivity contribution in [3.8, 4) is 11.5 Å². The van der Waals surface area contributed by atoms with Gasteiger partial charge in [-0.1, -0.05) is 19.4 Å². The van der Waals surface area contributed by atoms with Crippen LogP contribution in [0.25, 0.3) is 0 Å². The Morgan fingerprint density at radius 1 is 1.29 bits per heavy atom. The summed E-state index contributed by atoms with van der Waals surface area (Å²) in [6.45, 7) is 2.70. The highest BCUT2D eigenvalue weighted by Gasteiger charge is 2.16. The van der Waals surface area contributed by atoms with Gasteiger partial charge in [0.1, 0.15) is 5.56 Å². The highest BCUT2D eigenvalue weighted by molar-refractivity contribution is 5.93. The third kappa shape index (κ3) is 3.37. The zero-order valence-corrected chi connectivity index (χ0v) is 10.5. The topological polar surface area (TPSA) is 44.8 Å². The average Bonchev–Trinajstić information content (AvgIpc) is 2.37. The lowest BCUT2D eigenvalue weighted by Gasteiger charge is -2.12. The minimum atomic E-state index is -0.428. The molecule has 0 unspecified atom stereocenters. The lowest BCUT2D eigenvalue weighted by Crippen LogP contribution is -2.06. The van der Waals surface area contributed by atoms with Gasteiger partial charge < -0.3 is 14.2 Å². The van der Waals surface area contributed by atoms with Crippen molar-refractivity contribution in [2.75, 3.05) is 20.8 Å². The normalized spacial score (nSPS) is 9.82. The molecule has 0 atom stereocenters. The molecule has 0 spiro atoms. The van der Waals surface area contributed by atoms with Gasteiger partial charge >= 0.3 is 5.97 Å². The van der Waals surface area contributed by atoms with Crippen molar-refractivity contribution in [3.05, 3.63) is 23.8 Å². The van der Waals surface area contributed by atoms with Crippen LogP contribution >= 0.6 is 0 Å². The monoisotopic (exact) mass is 238 g/mol. The summed E-state index contributed by atoms with van der Waals surface area (Å²) < 4.78 is 15.5. The number of hydrogen-bond acceptors (Lipinski definition) is 4. The van der Waals surface area contributed by atoms with E-state index in [1.54, 1.807) is 18.2 Å². The molecule has 17 heavy (non-hydrogen) atoms. The van der Waals surface area contributed by atoms with Gasteiger partial charge in [-0.05, 0) is 18.6 Å². The Morgan fingerprint density at radius 3 is 2.65 bits per heavy atom. The maximum atomic E-state index is 11.5. The van der Waals surface area contributed by atoms with Crippen molar-refractivity contribution >= 4 is 5.97 Å². The summed E-state index contributed by atoms with van der Waals surface area (Å²) in [4.78, 5) is 11.5. The lowest BCUT2D eigenvalue weighted by atomic mass is 10.2. The summed E-state index contributed by atoms with van der Waals surface area (Å²) in [6, 6.07) is 5.17. The second kappa shape index (κ2) is 6.78. The van der Waals surface area contributed by atoms with Crippen molar-refractivity contribution in [3.63, 3.8) is 0 Å². The molecule has 0 aliphatic carbocycles. The lowest BCUT2D eigenvalue weighted by molar-refractivity contribution is 0.0596. The zero-order chi connectivity index (χ0) is 12.7. The molecular formula is C13H18O4. The Bertz CT molecular complexity index is 374. The van der Waals surface area contributed by atoms with Crippen LogP contribution in [-0.2, 0) is 4.74 Å². The van der Waals surface area contributed by atoms with Crippen LogP contribution in [-0.4, -0.2) is 26.8 Å². The van der Waals surface area contributed by atoms with E-state index in [-0.39, 0.29) is 0 Å². The molecular weight excluding hydrogens is 220 g/mol. The maximum Gasteiger partial charge on any atom is 0.341 e. The number of hydrogen-bond donors (Lipinski definition) is 0. The molecule has 0 aliphatic heterocycles. The van der Waals surface area contributed by atoms with Crippen LogP contribution in [0.3, 0.4) is 0 Å². The van der Waals surface area contributed by atoms with Crippen LogP contribution in [0, 0.1) is 0 Å². The zero-order valence-electron chi connectivity index (χ0n) is 10.5. The highest BCUT2D eigenvalue weighted by atomic mass is 16.5. The third-order valence-electron chi connectivity index (χ3n) is 2.34. The smallest absolute Gasteiger partial charge is 0.341 e. The van der Waals surface area contributed by atoms with Gasteiger partial charge in [-0.2, -0.15) is 0 Å². The molecule has 0 heterocycles. The molecule has 0 saturated carbocycles. The van der Waals surface area contributed by atoms with Crippen molar-refractivity contribution in [1.82, 2.24) is 0 Å². The number of esters is 1. The first-order valence-electron chi connectivity index (χ1n) is 5.62. The van der Waals surface area contributed by atoms with Gasteiger partial charge in [-0.3, -0.25) is 0 Å². The van der Waals surface area contributed by atoms with E-state index in [0.717, 1.165) is 12.8 Å². The van der Waals surface area contributed by atoms with Crippen molar-refractivity contribution < 1.29 is 19.0 Å². The summed E-state index contributed by atoms with van der Waals surface area (Å²) in [7, 11) is 2.85. The summed E-state index contributed by atoms with van der Waals surface area (Å²) in [6.07, 6.45) is 2.02. The fraction of sp³-hybridized carbons (Fsp3) is 0.462. The summed E-state index contributed by atoms with van der Waals surface area (Å²) in [5, 5.41) is 0. The number of ether oxygens (including phenoxy) is 3. The number of unbranched alkanes of at least 4 members (excludes halogenated alkanes) is 1. The Morgan fingerprint density at radius 2 is 2.06 bits per heavy atom. The molecule has 4 heteroatoms. The molecule has 1 rings (SSSR count). The predicted octanol–water partition coefficient (Wildman–Crippen LogP) is 2.66. The number of carbonyl (C=O) groups is 1. The molecule has 0 N–H and O–H groups in total. The Labute approximate surface area is 101 Å². The number of benzene rings is 1. The quantitative estimate of drug-likeness (QED) is 0.564. The van der Waals surface area contributed by atoms with E-state index in [1.165, 1.54) is 14.2 Å². The van der Waals surface area contributed by atoms with Crippen LogP contribution in [0.15, 0.2) is 18.2 Å². The molecule has 0 bridgehead atoms. The second-order valence-electron chi connectivity index (χ2n) is 3.53. The highest BCUT2D eigenvalue weighted by Crippen LogP contribution is 2.31. The average molecular weight is 238 g/mol. The van der Waals surface area contributed by atoms with Gasteiger partial charge in [0, 0.05) is 0 Å². The van der Waals surface area contributed by atoms with Crippen molar-refractivity contribution in [2.45, 2.75) is 19.8 Å². The Hall–Kier alpha value is -1.71. The first kappa shape index (κ1) is 13.4. The molecule has 4 nitrogen and oxygen atoms in total. The third-order valence-corrected chi connectivity index (χ3v) is 2.34. The van der Waals surface area contributed by atoms with Gasteiger partial charge in [-0.15, -0.1) is 0 Å². The number of rotatable bonds is 6. The van der Waals surface area contributed by atoms with Crippen molar-refractivity contribution in [2.24, 2.45) is 0 Å². The van der Waals surface area contributed by atoms with Crippen LogP contribution in [0.2, 0.25) is 0 Å². The second-order valence-corrected chi connectivity index (χ2v) is 3.53. The van der Waals surface area contributed by atoms with Crippen LogP contribution in [0.5, 0.6) is 11.5 Å². The predicted molar refractivity (Wildman–Crippen MR) is 64.7 cm³/mol. The Balaban J connectivity index is 2.93. The summed E-state index contributed by atoms with van der Waals surface area (Å²) >= 11 is 0. The largest absolute Gasteiger partial charge is 0.492 e. The van der Waals surface area contributed by atoms with E-state index >= 15 is 0 Å². The molecule has 94 valence electrons. The number of para-hydroxylation sites is 1. The van der Waals surface area contributed by atoms with Gasteiger partial charge in [0.25, 0.3) is 0 Å². The molecule has 1 aromatic rings. The van der Waals surface area contributed by atoms with Crippen LogP contribution in [0.1, 0.15) is 30.1 Å². The van der Waals surface area contributed by atoms with Gasteiger partial charge in [0.2, 0.25) is 0 Å². The first-order chi connectivity index (χ1) is 8.24. The molecule has 0 aromatic heterocycles. The molecule has 1 aromatic carbocycles. The fourth-order valence-electron chi connectivity index (χ4n) is 1.44. The van der Waals surface area contributed by atoms with E-state index in [1.807, 2.05) is 0 Å². The first-order valence-corrected chi connectivity index (χ1v) is 5.62. The van der Waals surface area contributed by atoms with Gasteiger partial charge in [-0.25, -0.2) is 4.79 Å². The molecule has 0 amide bonds. The molecule has 0 saturated heterocycles. The minimum Gasteiger partial charge on any atom is -0.492 e. The standard InChI is InChI=1S/C13H18O4/c1-4-5-9-17-11-8-6-7-10(12(11)15-2)13(14)16-3/h6-8H,4-5,9H2,1-3H3. The van der Waals surface area contributed by atoms with Crippen molar-refractivity contribution in [1.29, 1.82) is 0 Å². The van der Waals surface area contributed by atoms with E-state index in [9.17, 15) is 4.79 Å². The van der Waals surface area contributed by atoms with Gasteiger partial charge in [0.05, 0.1) is 20.8 Å². The summed E-state index contributed by atoms with van der Waals surface area (Å²) in [5.41, 5.74) is 0.379. The van der Waals surface area contributed by atoms with Crippen LogP contribution in [0.4, 0.5) is 0 Å². The van der Waals surface area contributed by atoms with E-state index < -0.39 is 5.97 Å². The summed E-state index contributed by atoms with van der Waals surface area (Å²) in [5.74, 6) is 0.571. The SMILES string of the molecule is CCCCOc1cccc(C(=O)OC)c1OC.